The second kappa shape index (κ2) is 6.80. The van der Waals surface area contributed by atoms with E-state index in [9.17, 15) is 4.79 Å². The SMILES string of the molecule is CNCC(=O)NCCN1CCC(C)CC1. The van der Waals surface area contributed by atoms with Crippen molar-refractivity contribution >= 4 is 5.91 Å². The maximum absolute atomic E-state index is 11.1. The average molecular weight is 213 g/mol. The van der Waals surface area contributed by atoms with Crippen molar-refractivity contribution in [3.63, 3.8) is 0 Å². The van der Waals surface area contributed by atoms with E-state index in [1.807, 2.05) is 0 Å². The number of nitrogens with one attached hydrogen (secondary N) is 2. The second-order valence-corrected chi connectivity index (χ2v) is 4.40. The van der Waals surface area contributed by atoms with E-state index in [0.29, 0.717) is 6.54 Å². The van der Waals surface area contributed by atoms with E-state index in [4.69, 9.17) is 0 Å². The van der Waals surface area contributed by atoms with Crippen LogP contribution >= 0.6 is 0 Å². The highest BCUT2D eigenvalue weighted by molar-refractivity contribution is 5.77. The molecule has 1 saturated heterocycles. The molecule has 0 aliphatic carbocycles. The van der Waals surface area contributed by atoms with E-state index < -0.39 is 0 Å². The molecule has 4 heteroatoms. The molecule has 1 rings (SSSR count). The molecule has 2 N–H and O–H groups in total. The molecule has 1 fully saturated rings. The van der Waals surface area contributed by atoms with Gasteiger partial charge in [0.05, 0.1) is 6.54 Å². The predicted octanol–water partition coefficient (Wildman–Crippen LogP) is 0.0539. The molecule has 0 bridgehead atoms. The van der Waals surface area contributed by atoms with Crippen molar-refractivity contribution in [1.29, 1.82) is 0 Å². The summed E-state index contributed by atoms with van der Waals surface area (Å²) in [5.74, 6) is 0.961. The lowest BCUT2D eigenvalue weighted by atomic mass is 9.99. The van der Waals surface area contributed by atoms with E-state index in [1.54, 1.807) is 7.05 Å². The van der Waals surface area contributed by atoms with Crippen LogP contribution in [0.4, 0.5) is 0 Å². The van der Waals surface area contributed by atoms with Gasteiger partial charge in [0.15, 0.2) is 0 Å². The molecule has 0 saturated carbocycles. The number of likely N-dealkylation sites (tertiary alicyclic amines) is 1. The van der Waals surface area contributed by atoms with Crippen molar-refractivity contribution in [1.82, 2.24) is 15.5 Å². The van der Waals surface area contributed by atoms with Crippen molar-refractivity contribution in [2.45, 2.75) is 19.8 Å². The molecule has 15 heavy (non-hydrogen) atoms. The first-order chi connectivity index (χ1) is 7.22. The number of carbonyl (C=O) groups is 1. The molecular formula is C11H23N3O. The van der Waals surface area contributed by atoms with Gasteiger partial charge in [0.1, 0.15) is 0 Å². The highest BCUT2D eigenvalue weighted by Crippen LogP contribution is 2.14. The summed E-state index contributed by atoms with van der Waals surface area (Å²) in [5.41, 5.74) is 0. The van der Waals surface area contributed by atoms with Gasteiger partial charge in [-0.2, -0.15) is 0 Å². The molecule has 1 heterocycles. The number of piperidine rings is 1. The lowest BCUT2D eigenvalue weighted by Gasteiger charge is -2.30. The lowest BCUT2D eigenvalue weighted by Crippen LogP contribution is -2.41. The molecule has 0 aromatic heterocycles. The fourth-order valence-corrected chi connectivity index (χ4v) is 1.86. The molecular weight excluding hydrogens is 190 g/mol. The monoisotopic (exact) mass is 213 g/mol. The molecule has 1 aliphatic heterocycles. The summed E-state index contributed by atoms with van der Waals surface area (Å²) in [4.78, 5) is 13.6. The van der Waals surface area contributed by atoms with E-state index in [2.05, 4.69) is 22.5 Å². The Morgan fingerprint density at radius 1 is 1.40 bits per heavy atom. The minimum Gasteiger partial charge on any atom is -0.354 e. The van der Waals surface area contributed by atoms with Crippen molar-refractivity contribution in [3.8, 4) is 0 Å². The zero-order chi connectivity index (χ0) is 11.1. The van der Waals surface area contributed by atoms with Gasteiger partial charge in [0.25, 0.3) is 0 Å². The van der Waals surface area contributed by atoms with Crippen molar-refractivity contribution < 1.29 is 4.79 Å². The second-order valence-electron chi connectivity index (χ2n) is 4.40. The third-order valence-electron chi connectivity index (χ3n) is 2.96. The highest BCUT2D eigenvalue weighted by atomic mass is 16.1. The Morgan fingerprint density at radius 2 is 2.07 bits per heavy atom. The maximum Gasteiger partial charge on any atom is 0.233 e. The summed E-state index contributed by atoms with van der Waals surface area (Å²) in [6.45, 7) is 6.85. The van der Waals surface area contributed by atoms with Gasteiger partial charge in [-0.3, -0.25) is 4.79 Å². The van der Waals surface area contributed by atoms with Gasteiger partial charge in [-0.25, -0.2) is 0 Å². The van der Waals surface area contributed by atoms with Crippen LogP contribution in [0, 0.1) is 5.92 Å². The van der Waals surface area contributed by atoms with Crippen LogP contribution in [0.2, 0.25) is 0 Å². The Kier molecular flexibility index (Phi) is 5.65. The average Bonchev–Trinajstić information content (AvgIpc) is 2.21. The van der Waals surface area contributed by atoms with E-state index in [1.165, 1.54) is 25.9 Å². The van der Waals surface area contributed by atoms with Crippen LogP contribution in [-0.2, 0) is 4.79 Å². The Hall–Kier alpha value is -0.610. The molecule has 0 unspecified atom stereocenters. The van der Waals surface area contributed by atoms with Crippen molar-refractivity contribution in [2.75, 3.05) is 39.8 Å². The van der Waals surface area contributed by atoms with Crippen molar-refractivity contribution in [2.24, 2.45) is 5.92 Å². The lowest BCUT2D eigenvalue weighted by molar-refractivity contribution is -0.120. The standard InChI is InChI=1S/C11H23N3O/c1-10-3-6-14(7-4-10)8-5-13-11(15)9-12-2/h10,12H,3-9H2,1-2H3,(H,13,15). The number of likely N-dealkylation sites (N-methyl/N-ethyl adjacent to an activating group) is 1. The maximum atomic E-state index is 11.1. The number of hydrogen-bond acceptors (Lipinski definition) is 3. The van der Waals surface area contributed by atoms with Crippen LogP contribution < -0.4 is 10.6 Å². The van der Waals surface area contributed by atoms with Crippen LogP contribution in [0.15, 0.2) is 0 Å². The summed E-state index contributed by atoms with van der Waals surface area (Å²) in [6, 6.07) is 0. The smallest absolute Gasteiger partial charge is 0.233 e. The van der Waals surface area contributed by atoms with E-state index in [-0.39, 0.29) is 5.91 Å². The van der Waals surface area contributed by atoms with Gasteiger partial charge in [-0.1, -0.05) is 6.92 Å². The van der Waals surface area contributed by atoms with Gasteiger partial charge < -0.3 is 15.5 Å². The molecule has 1 aliphatic rings. The number of nitrogens with zero attached hydrogens (tertiary/aromatic N) is 1. The molecule has 0 aromatic carbocycles. The third-order valence-corrected chi connectivity index (χ3v) is 2.96. The molecule has 4 nitrogen and oxygen atoms in total. The first-order valence-corrected chi connectivity index (χ1v) is 5.86. The largest absolute Gasteiger partial charge is 0.354 e. The van der Waals surface area contributed by atoms with Gasteiger partial charge in [-0.15, -0.1) is 0 Å². The minimum atomic E-state index is 0.0860. The molecule has 1 amide bonds. The van der Waals surface area contributed by atoms with Crippen LogP contribution in [0.5, 0.6) is 0 Å². The number of amides is 1. The molecule has 0 spiro atoms. The Bertz CT molecular complexity index is 188. The fraction of sp³-hybridized carbons (Fsp3) is 0.909. The Labute approximate surface area is 92.4 Å². The van der Waals surface area contributed by atoms with Crippen LogP contribution in [0.3, 0.4) is 0 Å². The first-order valence-electron chi connectivity index (χ1n) is 5.86. The van der Waals surface area contributed by atoms with Crippen LogP contribution in [-0.4, -0.2) is 50.6 Å². The summed E-state index contributed by atoms with van der Waals surface area (Å²) in [7, 11) is 1.78. The fourth-order valence-electron chi connectivity index (χ4n) is 1.86. The first kappa shape index (κ1) is 12.5. The molecule has 88 valence electrons. The zero-order valence-electron chi connectivity index (χ0n) is 9.88. The van der Waals surface area contributed by atoms with Gasteiger partial charge >= 0.3 is 0 Å². The molecule has 0 aromatic rings. The van der Waals surface area contributed by atoms with Crippen LogP contribution in [0.1, 0.15) is 19.8 Å². The van der Waals surface area contributed by atoms with Gasteiger partial charge in [-0.05, 0) is 38.9 Å². The minimum absolute atomic E-state index is 0.0860. The molecule has 0 radical (unpaired) electrons. The summed E-state index contributed by atoms with van der Waals surface area (Å²) in [5, 5.41) is 5.74. The number of carbonyl (C=O) groups excluding carboxylic acids is 1. The van der Waals surface area contributed by atoms with Gasteiger partial charge in [0, 0.05) is 13.1 Å². The Balaban J connectivity index is 2.02. The normalized spacial score (nSPS) is 19.1. The topological polar surface area (TPSA) is 44.4 Å². The van der Waals surface area contributed by atoms with Gasteiger partial charge in [0.2, 0.25) is 5.91 Å². The van der Waals surface area contributed by atoms with E-state index in [0.717, 1.165) is 19.0 Å². The Morgan fingerprint density at radius 3 is 2.67 bits per heavy atom. The summed E-state index contributed by atoms with van der Waals surface area (Å²) >= 11 is 0. The van der Waals surface area contributed by atoms with Crippen molar-refractivity contribution in [3.05, 3.63) is 0 Å². The zero-order valence-corrected chi connectivity index (χ0v) is 9.88. The summed E-state index contributed by atoms with van der Waals surface area (Å²) < 4.78 is 0. The summed E-state index contributed by atoms with van der Waals surface area (Å²) in [6.07, 6.45) is 2.59. The highest BCUT2D eigenvalue weighted by Gasteiger charge is 2.14. The van der Waals surface area contributed by atoms with E-state index >= 15 is 0 Å². The number of hydrogen-bond donors (Lipinski definition) is 2. The number of rotatable bonds is 5. The quantitative estimate of drug-likeness (QED) is 0.678. The predicted molar refractivity (Wildman–Crippen MR) is 61.8 cm³/mol. The van der Waals surface area contributed by atoms with Crippen LogP contribution in [0.25, 0.3) is 0 Å². The third kappa shape index (κ3) is 5.14. The molecule has 0 atom stereocenters.